The second-order valence-corrected chi connectivity index (χ2v) is 9.30. The quantitative estimate of drug-likeness (QED) is 0.359. The average molecular weight is 550 g/mol. The molecule has 4 aromatic rings. The number of carbonyl (C=O) groups is 1. The molecule has 0 amide bonds. The summed E-state index contributed by atoms with van der Waals surface area (Å²) in [5, 5.41) is 9.57. The number of hydrogen-bond acceptors (Lipinski definition) is 7. The summed E-state index contributed by atoms with van der Waals surface area (Å²) in [6.07, 6.45) is 2.34. The van der Waals surface area contributed by atoms with Gasteiger partial charge in [0, 0.05) is 36.5 Å². The minimum absolute atomic E-state index is 0.0520. The summed E-state index contributed by atoms with van der Waals surface area (Å²) >= 11 is 6.03. The van der Waals surface area contributed by atoms with Gasteiger partial charge in [0.1, 0.15) is 5.75 Å². The lowest BCUT2D eigenvalue weighted by molar-refractivity contribution is 0.0663. The Labute approximate surface area is 226 Å². The van der Waals surface area contributed by atoms with Gasteiger partial charge in [-0.3, -0.25) is 9.55 Å². The number of carboxylic acids is 1. The third-order valence-corrected chi connectivity index (χ3v) is 6.47. The molecule has 0 spiro atoms. The van der Waals surface area contributed by atoms with Crippen LogP contribution in [0.25, 0.3) is 0 Å². The first-order chi connectivity index (χ1) is 18.9. The molecule has 200 valence electrons. The van der Waals surface area contributed by atoms with Crippen LogP contribution in [0, 0.1) is 0 Å². The van der Waals surface area contributed by atoms with E-state index in [1.54, 1.807) is 36.4 Å². The number of aromatic amines is 1. The van der Waals surface area contributed by atoms with Gasteiger partial charge in [0.05, 0.1) is 17.8 Å². The molecule has 3 heterocycles. The van der Waals surface area contributed by atoms with Crippen molar-refractivity contribution in [3.8, 4) is 11.6 Å². The molecule has 0 atom stereocenters. The molecule has 2 aromatic carbocycles. The lowest BCUT2D eigenvalue weighted by Gasteiger charge is -2.24. The van der Waals surface area contributed by atoms with Crippen LogP contribution in [0.3, 0.4) is 0 Å². The zero-order chi connectivity index (χ0) is 27.4. The van der Waals surface area contributed by atoms with Gasteiger partial charge in [-0.05, 0) is 60.9 Å². The van der Waals surface area contributed by atoms with Crippen molar-refractivity contribution in [1.82, 2.24) is 19.1 Å². The van der Waals surface area contributed by atoms with Crippen molar-refractivity contribution in [3.05, 3.63) is 110 Å². The highest BCUT2D eigenvalue weighted by atomic mass is 35.5. The van der Waals surface area contributed by atoms with E-state index in [0.717, 1.165) is 5.56 Å². The first-order valence-corrected chi connectivity index (χ1v) is 12.5. The van der Waals surface area contributed by atoms with E-state index in [-0.39, 0.29) is 29.6 Å². The standard InChI is InChI=1S/C27H24ClN5O6/c28-19-4-1-17(2-5-19)16-32-25(31-26(36)33(27(32)37)21-11-13-38-14-12-21)30-20-6-8-22(9-7-20)39-23-10-3-18(15-29-23)24(34)35/h1-10,15,21H,11-14,16H2,(H,34,35)(H,30,31,36). The SMILES string of the molecule is O=C(O)c1ccc(Oc2ccc(/N=c3\[nH]c(=O)n(C4CCOCC4)c(=O)n3Cc3ccc(Cl)cc3)cc2)nc1. The van der Waals surface area contributed by atoms with Gasteiger partial charge in [-0.1, -0.05) is 23.7 Å². The highest BCUT2D eigenvalue weighted by Gasteiger charge is 2.21. The van der Waals surface area contributed by atoms with E-state index >= 15 is 0 Å². The lowest BCUT2D eigenvalue weighted by atomic mass is 10.1. The number of hydrogen-bond donors (Lipinski definition) is 2. The van der Waals surface area contributed by atoms with Gasteiger partial charge in [0.15, 0.2) is 0 Å². The molecule has 0 radical (unpaired) electrons. The van der Waals surface area contributed by atoms with Crippen molar-refractivity contribution in [3.63, 3.8) is 0 Å². The number of aromatic nitrogens is 4. The number of halogens is 1. The predicted octanol–water partition coefficient (Wildman–Crippen LogP) is 3.51. The van der Waals surface area contributed by atoms with Crippen LogP contribution in [0.15, 0.2) is 81.4 Å². The molecule has 11 nitrogen and oxygen atoms in total. The largest absolute Gasteiger partial charge is 0.478 e. The summed E-state index contributed by atoms with van der Waals surface area (Å²) in [5.41, 5.74) is 0.442. The van der Waals surface area contributed by atoms with Crippen LogP contribution in [-0.4, -0.2) is 43.4 Å². The minimum atomic E-state index is -1.08. The second kappa shape index (κ2) is 11.5. The van der Waals surface area contributed by atoms with Crippen molar-refractivity contribution >= 4 is 23.3 Å². The fourth-order valence-electron chi connectivity index (χ4n) is 4.20. The van der Waals surface area contributed by atoms with E-state index in [1.807, 2.05) is 12.1 Å². The summed E-state index contributed by atoms with van der Waals surface area (Å²) in [6.45, 7) is 1.13. The van der Waals surface area contributed by atoms with E-state index in [9.17, 15) is 14.4 Å². The second-order valence-electron chi connectivity index (χ2n) is 8.86. The monoisotopic (exact) mass is 549 g/mol. The normalized spacial score (nSPS) is 14.3. The molecule has 1 aliphatic heterocycles. The van der Waals surface area contributed by atoms with Crippen molar-refractivity contribution in [2.45, 2.75) is 25.4 Å². The van der Waals surface area contributed by atoms with Crippen LogP contribution in [-0.2, 0) is 11.3 Å². The minimum Gasteiger partial charge on any atom is -0.478 e. The maximum absolute atomic E-state index is 13.6. The van der Waals surface area contributed by atoms with E-state index in [1.165, 1.54) is 27.5 Å². The van der Waals surface area contributed by atoms with Gasteiger partial charge in [0.25, 0.3) is 0 Å². The van der Waals surface area contributed by atoms with E-state index < -0.39 is 17.3 Å². The van der Waals surface area contributed by atoms with Crippen molar-refractivity contribution in [2.24, 2.45) is 4.99 Å². The number of nitrogens with zero attached hydrogens (tertiary/aromatic N) is 4. The molecular formula is C27H24ClN5O6. The zero-order valence-electron chi connectivity index (χ0n) is 20.6. The molecular weight excluding hydrogens is 526 g/mol. The third kappa shape index (κ3) is 6.16. The molecule has 39 heavy (non-hydrogen) atoms. The van der Waals surface area contributed by atoms with E-state index in [4.69, 9.17) is 26.2 Å². The van der Waals surface area contributed by atoms with E-state index in [2.05, 4.69) is 15.0 Å². The smallest absolute Gasteiger partial charge is 0.337 e. The Hall–Kier alpha value is -4.48. The maximum atomic E-state index is 13.6. The Morgan fingerprint density at radius 2 is 1.79 bits per heavy atom. The lowest BCUT2D eigenvalue weighted by Crippen LogP contribution is -2.52. The van der Waals surface area contributed by atoms with Gasteiger partial charge >= 0.3 is 17.3 Å². The maximum Gasteiger partial charge on any atom is 0.337 e. The number of H-pyrrole nitrogens is 1. The molecule has 2 aromatic heterocycles. The van der Waals surface area contributed by atoms with Gasteiger partial charge in [-0.25, -0.2) is 28.9 Å². The fraction of sp³-hybridized carbons (Fsp3) is 0.222. The zero-order valence-corrected chi connectivity index (χ0v) is 21.4. The Bertz CT molecular complexity index is 1650. The molecule has 1 fully saturated rings. The Kier molecular flexibility index (Phi) is 7.71. The summed E-state index contributed by atoms with van der Waals surface area (Å²) in [6, 6.07) is 16.3. The Morgan fingerprint density at radius 1 is 1.08 bits per heavy atom. The summed E-state index contributed by atoms with van der Waals surface area (Å²) in [7, 11) is 0. The van der Waals surface area contributed by atoms with Crippen molar-refractivity contribution in [1.29, 1.82) is 0 Å². The Morgan fingerprint density at radius 3 is 2.44 bits per heavy atom. The first-order valence-electron chi connectivity index (χ1n) is 12.2. The summed E-state index contributed by atoms with van der Waals surface area (Å²) < 4.78 is 13.7. The molecule has 0 bridgehead atoms. The highest BCUT2D eigenvalue weighted by Crippen LogP contribution is 2.23. The number of benzene rings is 2. The topological polar surface area (TPSA) is 141 Å². The molecule has 2 N–H and O–H groups in total. The van der Waals surface area contributed by atoms with Gasteiger partial charge in [-0.15, -0.1) is 0 Å². The average Bonchev–Trinajstić information content (AvgIpc) is 2.94. The van der Waals surface area contributed by atoms with Crippen molar-refractivity contribution in [2.75, 3.05) is 13.2 Å². The summed E-state index contributed by atoms with van der Waals surface area (Å²) in [4.78, 5) is 49.0. The van der Waals surface area contributed by atoms with Gasteiger partial charge in [-0.2, -0.15) is 0 Å². The van der Waals surface area contributed by atoms with Crippen LogP contribution in [0.5, 0.6) is 11.6 Å². The van der Waals surface area contributed by atoms with E-state index in [0.29, 0.717) is 42.5 Å². The van der Waals surface area contributed by atoms with Crippen LogP contribution in [0.2, 0.25) is 5.02 Å². The molecule has 0 aliphatic carbocycles. The molecule has 0 saturated carbocycles. The van der Waals surface area contributed by atoms with Crippen LogP contribution in [0.1, 0.15) is 34.8 Å². The number of nitrogens with one attached hydrogen (secondary N) is 1. The number of rotatable bonds is 7. The highest BCUT2D eigenvalue weighted by molar-refractivity contribution is 6.30. The number of aromatic carboxylic acids is 1. The Balaban J connectivity index is 1.49. The molecule has 12 heteroatoms. The van der Waals surface area contributed by atoms with Gasteiger partial charge < -0.3 is 14.6 Å². The number of carboxylic acid groups (broad SMARTS) is 1. The van der Waals surface area contributed by atoms with Gasteiger partial charge in [0.2, 0.25) is 11.5 Å². The molecule has 5 rings (SSSR count). The number of pyridine rings is 1. The fourth-order valence-corrected chi connectivity index (χ4v) is 4.32. The summed E-state index contributed by atoms with van der Waals surface area (Å²) in [5.74, 6) is -0.402. The van der Waals surface area contributed by atoms with Crippen LogP contribution in [0.4, 0.5) is 5.69 Å². The molecule has 0 unspecified atom stereocenters. The third-order valence-electron chi connectivity index (χ3n) is 6.22. The van der Waals surface area contributed by atoms with Crippen LogP contribution >= 0.6 is 11.6 Å². The van der Waals surface area contributed by atoms with Crippen LogP contribution < -0.4 is 21.7 Å². The first kappa shape index (κ1) is 26.1. The predicted molar refractivity (Wildman–Crippen MR) is 142 cm³/mol. The van der Waals surface area contributed by atoms with Crippen molar-refractivity contribution < 1.29 is 19.4 Å². The molecule has 1 aliphatic rings. The number of ether oxygens (including phenoxy) is 2. The molecule has 1 saturated heterocycles.